The number of aromatic nitrogens is 1. The van der Waals surface area contributed by atoms with Gasteiger partial charge in [-0.3, -0.25) is 4.79 Å². The number of pyridine rings is 1. The zero-order valence-corrected chi connectivity index (χ0v) is 13.1. The SMILES string of the molecule is O=C(Nc1ccc(Nc2ccc(C(F)(F)F)cc2)cn1)C1CCCO1. The zero-order chi connectivity index (χ0) is 17.9. The third-order valence-corrected chi connectivity index (χ3v) is 3.74. The van der Waals surface area contributed by atoms with Gasteiger partial charge in [0.05, 0.1) is 17.4 Å². The average molecular weight is 351 g/mol. The minimum Gasteiger partial charge on any atom is -0.368 e. The second kappa shape index (κ2) is 7.10. The van der Waals surface area contributed by atoms with E-state index in [1.807, 2.05) is 0 Å². The Morgan fingerprint density at radius 3 is 2.40 bits per heavy atom. The van der Waals surface area contributed by atoms with Gasteiger partial charge in [-0.05, 0) is 49.2 Å². The summed E-state index contributed by atoms with van der Waals surface area (Å²) in [6.45, 7) is 0.585. The first-order chi connectivity index (χ1) is 11.9. The van der Waals surface area contributed by atoms with Crippen LogP contribution in [0.2, 0.25) is 0 Å². The smallest absolute Gasteiger partial charge is 0.368 e. The summed E-state index contributed by atoms with van der Waals surface area (Å²) in [7, 11) is 0. The van der Waals surface area contributed by atoms with Crippen molar-refractivity contribution in [1.29, 1.82) is 0 Å². The van der Waals surface area contributed by atoms with Crippen LogP contribution in [-0.2, 0) is 15.7 Å². The van der Waals surface area contributed by atoms with Gasteiger partial charge in [0.25, 0.3) is 5.91 Å². The maximum atomic E-state index is 12.5. The Kier molecular flexibility index (Phi) is 4.89. The molecule has 0 aliphatic carbocycles. The van der Waals surface area contributed by atoms with Crippen LogP contribution >= 0.6 is 0 Å². The fourth-order valence-electron chi connectivity index (χ4n) is 2.44. The minimum absolute atomic E-state index is 0.228. The van der Waals surface area contributed by atoms with Gasteiger partial charge < -0.3 is 15.4 Å². The molecule has 5 nitrogen and oxygen atoms in total. The van der Waals surface area contributed by atoms with Crippen LogP contribution < -0.4 is 10.6 Å². The van der Waals surface area contributed by atoms with Crippen molar-refractivity contribution in [1.82, 2.24) is 4.98 Å². The molecule has 1 atom stereocenters. The number of alkyl halides is 3. The highest BCUT2D eigenvalue weighted by atomic mass is 19.4. The summed E-state index contributed by atoms with van der Waals surface area (Å²) in [4.78, 5) is 16.0. The Morgan fingerprint density at radius 2 is 1.84 bits per heavy atom. The molecule has 1 aromatic carbocycles. The van der Waals surface area contributed by atoms with Gasteiger partial charge in [-0.25, -0.2) is 4.98 Å². The Hall–Kier alpha value is -2.61. The van der Waals surface area contributed by atoms with Gasteiger partial charge in [0.2, 0.25) is 0 Å². The van der Waals surface area contributed by atoms with E-state index < -0.39 is 17.8 Å². The number of halogens is 3. The molecule has 1 amide bonds. The summed E-state index contributed by atoms with van der Waals surface area (Å²) in [6.07, 6.45) is -1.75. The van der Waals surface area contributed by atoms with Crippen LogP contribution in [0.3, 0.4) is 0 Å². The number of amides is 1. The molecule has 25 heavy (non-hydrogen) atoms. The first-order valence-electron chi connectivity index (χ1n) is 7.74. The molecule has 8 heteroatoms. The third-order valence-electron chi connectivity index (χ3n) is 3.74. The van der Waals surface area contributed by atoms with Crippen molar-refractivity contribution in [3.05, 3.63) is 48.2 Å². The number of carbonyl (C=O) groups is 1. The van der Waals surface area contributed by atoms with Gasteiger partial charge >= 0.3 is 6.18 Å². The number of ether oxygens (including phenoxy) is 1. The maximum Gasteiger partial charge on any atom is 0.416 e. The third kappa shape index (κ3) is 4.48. The van der Waals surface area contributed by atoms with Crippen LogP contribution in [0.15, 0.2) is 42.6 Å². The summed E-state index contributed by atoms with van der Waals surface area (Å²) < 4.78 is 42.9. The van der Waals surface area contributed by atoms with Gasteiger partial charge in [-0.1, -0.05) is 0 Å². The molecule has 0 bridgehead atoms. The largest absolute Gasteiger partial charge is 0.416 e. The van der Waals surface area contributed by atoms with Gasteiger partial charge in [0.15, 0.2) is 0 Å². The molecule has 1 aliphatic rings. The number of anilines is 3. The van der Waals surface area contributed by atoms with Crippen molar-refractivity contribution < 1.29 is 22.7 Å². The topological polar surface area (TPSA) is 63.2 Å². The number of carbonyl (C=O) groups excluding carboxylic acids is 1. The van der Waals surface area contributed by atoms with Gasteiger partial charge in [0, 0.05) is 12.3 Å². The highest BCUT2D eigenvalue weighted by Gasteiger charge is 2.30. The first-order valence-corrected chi connectivity index (χ1v) is 7.74. The van der Waals surface area contributed by atoms with Crippen LogP contribution in [0.4, 0.5) is 30.4 Å². The molecule has 0 saturated carbocycles. The van der Waals surface area contributed by atoms with E-state index in [-0.39, 0.29) is 5.91 Å². The Bertz CT molecular complexity index is 724. The van der Waals surface area contributed by atoms with Crippen molar-refractivity contribution in [3.63, 3.8) is 0 Å². The Morgan fingerprint density at radius 1 is 1.12 bits per heavy atom. The number of hydrogen-bond acceptors (Lipinski definition) is 4. The quantitative estimate of drug-likeness (QED) is 0.875. The fourth-order valence-corrected chi connectivity index (χ4v) is 2.44. The predicted octanol–water partition coefficient (Wildman–Crippen LogP) is 3.96. The summed E-state index contributed by atoms with van der Waals surface area (Å²) in [5, 5.41) is 5.62. The molecule has 1 unspecified atom stereocenters. The summed E-state index contributed by atoms with van der Waals surface area (Å²) in [5.41, 5.74) is 0.393. The second-order valence-corrected chi connectivity index (χ2v) is 5.62. The maximum absolute atomic E-state index is 12.5. The monoisotopic (exact) mass is 351 g/mol. The van der Waals surface area contributed by atoms with Crippen molar-refractivity contribution in [3.8, 4) is 0 Å². The number of benzene rings is 1. The number of nitrogens with zero attached hydrogens (tertiary/aromatic N) is 1. The molecular formula is C17H16F3N3O2. The highest BCUT2D eigenvalue weighted by molar-refractivity contribution is 5.93. The van der Waals surface area contributed by atoms with Crippen LogP contribution in [-0.4, -0.2) is 23.6 Å². The van der Waals surface area contributed by atoms with Crippen molar-refractivity contribution >= 4 is 23.1 Å². The second-order valence-electron chi connectivity index (χ2n) is 5.62. The molecule has 2 N–H and O–H groups in total. The molecule has 2 heterocycles. The fraction of sp³-hybridized carbons (Fsp3) is 0.294. The van der Waals surface area contributed by atoms with Gasteiger partial charge in [0.1, 0.15) is 11.9 Å². The molecule has 1 saturated heterocycles. The van der Waals surface area contributed by atoms with Gasteiger partial charge in [-0.2, -0.15) is 13.2 Å². The van der Waals surface area contributed by atoms with E-state index in [1.54, 1.807) is 12.1 Å². The van der Waals surface area contributed by atoms with Gasteiger partial charge in [-0.15, -0.1) is 0 Å². The van der Waals surface area contributed by atoms with E-state index in [0.29, 0.717) is 30.2 Å². The van der Waals surface area contributed by atoms with E-state index in [0.717, 1.165) is 18.6 Å². The predicted molar refractivity (Wildman–Crippen MR) is 86.6 cm³/mol. The summed E-state index contributed by atoms with van der Waals surface area (Å²) >= 11 is 0. The van der Waals surface area contributed by atoms with Crippen molar-refractivity contribution in [2.75, 3.05) is 17.2 Å². The van der Waals surface area contributed by atoms with E-state index in [4.69, 9.17) is 4.74 Å². The van der Waals surface area contributed by atoms with Crippen LogP contribution in [0.1, 0.15) is 18.4 Å². The lowest BCUT2D eigenvalue weighted by atomic mass is 10.2. The van der Waals surface area contributed by atoms with Crippen LogP contribution in [0.5, 0.6) is 0 Å². The molecule has 3 rings (SSSR count). The van der Waals surface area contributed by atoms with E-state index in [2.05, 4.69) is 15.6 Å². The number of hydrogen-bond donors (Lipinski definition) is 2. The Balaban J connectivity index is 1.59. The zero-order valence-electron chi connectivity index (χ0n) is 13.1. The first kappa shape index (κ1) is 17.2. The lowest BCUT2D eigenvalue weighted by molar-refractivity contribution is -0.137. The number of rotatable bonds is 4. The summed E-state index contributed by atoms with van der Waals surface area (Å²) in [6, 6.07) is 7.98. The lowest BCUT2D eigenvalue weighted by Crippen LogP contribution is -2.27. The molecule has 1 fully saturated rings. The Labute approximate surface area is 142 Å². The minimum atomic E-state index is -4.36. The normalized spacial score (nSPS) is 17.3. The number of nitrogens with one attached hydrogen (secondary N) is 2. The molecular weight excluding hydrogens is 335 g/mol. The van der Waals surface area contributed by atoms with Crippen LogP contribution in [0, 0.1) is 0 Å². The molecule has 2 aromatic rings. The van der Waals surface area contributed by atoms with Crippen molar-refractivity contribution in [2.24, 2.45) is 0 Å². The molecule has 1 aromatic heterocycles. The van der Waals surface area contributed by atoms with E-state index >= 15 is 0 Å². The molecule has 0 spiro atoms. The lowest BCUT2D eigenvalue weighted by Gasteiger charge is -2.11. The van der Waals surface area contributed by atoms with E-state index in [9.17, 15) is 18.0 Å². The molecule has 0 radical (unpaired) electrons. The van der Waals surface area contributed by atoms with Crippen molar-refractivity contribution in [2.45, 2.75) is 25.1 Å². The standard InChI is InChI=1S/C17H16F3N3O2/c18-17(19,20)11-3-5-12(6-4-11)22-13-7-8-15(21-10-13)23-16(24)14-2-1-9-25-14/h3-8,10,14,22H,1-2,9H2,(H,21,23,24). The van der Waals surface area contributed by atoms with E-state index in [1.165, 1.54) is 18.3 Å². The summed E-state index contributed by atoms with van der Waals surface area (Å²) in [5.74, 6) is 0.159. The molecule has 132 valence electrons. The average Bonchev–Trinajstić information content (AvgIpc) is 3.11. The highest BCUT2D eigenvalue weighted by Crippen LogP contribution is 2.30. The molecule has 1 aliphatic heterocycles. The van der Waals surface area contributed by atoms with Crippen LogP contribution in [0.25, 0.3) is 0 Å².